The molecule has 176 valence electrons. The van der Waals surface area contributed by atoms with Crippen molar-refractivity contribution in [2.75, 3.05) is 6.61 Å². The first-order chi connectivity index (χ1) is 16.2. The molecule has 0 aliphatic heterocycles. The maximum Gasteiger partial charge on any atom is 0.416 e. The first-order valence-corrected chi connectivity index (χ1v) is 10.7. The summed E-state index contributed by atoms with van der Waals surface area (Å²) in [5.41, 5.74) is 9.28. The maximum atomic E-state index is 13.0. The van der Waals surface area contributed by atoms with Crippen LogP contribution in [0.4, 0.5) is 13.2 Å². The van der Waals surface area contributed by atoms with Crippen LogP contribution in [0.15, 0.2) is 72.8 Å². The number of benzene rings is 3. The molecule has 0 saturated heterocycles. The zero-order chi connectivity index (χ0) is 24.5. The molecular weight excluding hydrogens is 447 g/mol. The van der Waals surface area contributed by atoms with Crippen molar-refractivity contribution in [1.82, 2.24) is 0 Å². The van der Waals surface area contributed by atoms with Crippen molar-refractivity contribution in [2.45, 2.75) is 24.6 Å². The van der Waals surface area contributed by atoms with Crippen LogP contribution >= 0.6 is 0 Å². The van der Waals surface area contributed by atoms with Gasteiger partial charge in [-0.3, -0.25) is 9.59 Å². The average molecular weight is 469 g/mol. The molecule has 34 heavy (non-hydrogen) atoms. The van der Waals surface area contributed by atoms with Gasteiger partial charge in [0.2, 0.25) is 0 Å². The number of aliphatic carboxylic acids is 1. The maximum absolute atomic E-state index is 13.0. The van der Waals surface area contributed by atoms with Gasteiger partial charge in [0, 0.05) is 12.0 Å². The number of hydrogen-bond acceptors (Lipinski definition) is 4. The van der Waals surface area contributed by atoms with Gasteiger partial charge in [-0.15, -0.1) is 0 Å². The molecule has 3 aromatic rings. The number of carbonyl (C=O) groups is 2. The summed E-state index contributed by atoms with van der Waals surface area (Å²) in [6, 6.07) is 18.6. The summed E-state index contributed by atoms with van der Waals surface area (Å²) in [4.78, 5) is 24.6. The van der Waals surface area contributed by atoms with Crippen molar-refractivity contribution in [2.24, 2.45) is 11.7 Å². The quantitative estimate of drug-likeness (QED) is 0.389. The fourth-order valence-corrected chi connectivity index (χ4v) is 4.42. The molecule has 0 radical (unpaired) electrons. The zero-order valence-corrected chi connectivity index (χ0v) is 18.0. The molecule has 0 bridgehead atoms. The molecule has 0 aromatic heterocycles. The lowest BCUT2D eigenvalue weighted by atomic mass is 9.93. The molecule has 4 rings (SSSR count). The van der Waals surface area contributed by atoms with Gasteiger partial charge < -0.3 is 15.6 Å². The molecule has 0 spiro atoms. The molecule has 0 saturated carbocycles. The van der Waals surface area contributed by atoms with Crippen LogP contribution in [0.2, 0.25) is 0 Å². The molecule has 1 aliphatic rings. The first kappa shape index (κ1) is 23.5. The SMILES string of the molecule is N[C@H](Cc1cccc(C(F)(F)F)c1)[C@@H](C(=O)O)C(=O)OCC1c2ccccc2-c2ccccc21. The van der Waals surface area contributed by atoms with Crippen LogP contribution < -0.4 is 5.73 Å². The standard InChI is InChI=1S/C26H22F3NO4/c27-26(28,29)16-7-5-6-15(12-16)13-22(30)23(24(31)32)25(33)34-14-21-19-10-3-1-8-17(19)18-9-2-4-11-20(18)21/h1-12,21-23H,13-14,30H2,(H,31,32)/t22-,23+/m1/s1. The van der Waals surface area contributed by atoms with Crippen LogP contribution in [-0.4, -0.2) is 29.7 Å². The van der Waals surface area contributed by atoms with Crippen LogP contribution in [0.5, 0.6) is 0 Å². The number of rotatable bonds is 7. The molecule has 0 unspecified atom stereocenters. The average Bonchev–Trinajstić information content (AvgIpc) is 3.11. The Morgan fingerprint density at radius 2 is 1.53 bits per heavy atom. The van der Waals surface area contributed by atoms with Crippen molar-refractivity contribution < 1.29 is 32.6 Å². The molecule has 5 nitrogen and oxygen atoms in total. The van der Waals surface area contributed by atoms with E-state index in [2.05, 4.69) is 0 Å². The Morgan fingerprint density at radius 1 is 0.941 bits per heavy atom. The normalized spacial score (nSPS) is 14.7. The van der Waals surface area contributed by atoms with Gasteiger partial charge in [-0.05, 0) is 40.3 Å². The second-order valence-corrected chi connectivity index (χ2v) is 8.24. The number of nitrogens with two attached hydrogens (primary N) is 1. The Balaban J connectivity index is 1.49. The predicted molar refractivity (Wildman–Crippen MR) is 119 cm³/mol. The summed E-state index contributed by atoms with van der Waals surface area (Å²) < 4.78 is 44.4. The molecule has 0 heterocycles. The monoisotopic (exact) mass is 469 g/mol. The predicted octanol–water partition coefficient (Wildman–Crippen LogP) is 4.63. The van der Waals surface area contributed by atoms with E-state index in [1.165, 1.54) is 12.1 Å². The van der Waals surface area contributed by atoms with Gasteiger partial charge in [-0.25, -0.2) is 0 Å². The Morgan fingerprint density at radius 3 is 2.09 bits per heavy atom. The Kier molecular flexibility index (Phi) is 6.43. The summed E-state index contributed by atoms with van der Waals surface area (Å²) in [7, 11) is 0. The number of carboxylic acid groups (broad SMARTS) is 1. The number of ether oxygens (including phenoxy) is 1. The van der Waals surface area contributed by atoms with Gasteiger partial charge in [0.25, 0.3) is 0 Å². The van der Waals surface area contributed by atoms with Gasteiger partial charge in [-0.2, -0.15) is 13.2 Å². The topological polar surface area (TPSA) is 89.6 Å². The summed E-state index contributed by atoms with van der Waals surface area (Å²) in [6.45, 7) is -0.0765. The van der Waals surface area contributed by atoms with Crippen molar-refractivity contribution in [3.63, 3.8) is 0 Å². The fraction of sp³-hybridized carbons (Fsp3) is 0.231. The van der Waals surface area contributed by atoms with Crippen LogP contribution in [0, 0.1) is 5.92 Å². The second-order valence-electron chi connectivity index (χ2n) is 8.24. The summed E-state index contributed by atoms with van der Waals surface area (Å²) in [6.07, 6.45) is -4.77. The van der Waals surface area contributed by atoms with Gasteiger partial charge in [0.15, 0.2) is 5.92 Å². The van der Waals surface area contributed by atoms with Gasteiger partial charge in [0.1, 0.15) is 6.61 Å². The number of hydrogen-bond donors (Lipinski definition) is 2. The number of carbonyl (C=O) groups excluding carboxylic acids is 1. The summed E-state index contributed by atoms with van der Waals surface area (Å²) in [5.74, 6) is -4.49. The molecule has 3 aromatic carbocycles. The molecule has 0 fully saturated rings. The van der Waals surface area contributed by atoms with Crippen LogP contribution in [-0.2, 0) is 26.9 Å². The number of halogens is 3. The van der Waals surface area contributed by atoms with Gasteiger partial charge in [0.05, 0.1) is 5.56 Å². The number of esters is 1. The van der Waals surface area contributed by atoms with E-state index in [1.54, 1.807) is 0 Å². The van der Waals surface area contributed by atoms with Crippen LogP contribution in [0.3, 0.4) is 0 Å². The van der Waals surface area contributed by atoms with E-state index < -0.39 is 35.6 Å². The second kappa shape index (κ2) is 9.30. The fourth-order valence-electron chi connectivity index (χ4n) is 4.42. The van der Waals surface area contributed by atoms with Crippen LogP contribution in [0.1, 0.15) is 28.2 Å². The largest absolute Gasteiger partial charge is 0.481 e. The van der Waals surface area contributed by atoms with Crippen molar-refractivity contribution in [1.29, 1.82) is 0 Å². The number of carboxylic acids is 1. The smallest absolute Gasteiger partial charge is 0.416 e. The minimum absolute atomic E-state index is 0.0765. The molecular formula is C26H22F3NO4. The lowest BCUT2D eigenvalue weighted by molar-refractivity contribution is -0.159. The third-order valence-electron chi connectivity index (χ3n) is 6.03. The van der Waals surface area contributed by atoms with E-state index in [0.29, 0.717) is 0 Å². The highest BCUT2D eigenvalue weighted by molar-refractivity contribution is 5.95. The first-order valence-electron chi connectivity index (χ1n) is 10.7. The van der Waals surface area contributed by atoms with Crippen molar-refractivity contribution >= 4 is 11.9 Å². The van der Waals surface area contributed by atoms with E-state index in [4.69, 9.17) is 10.5 Å². The van der Waals surface area contributed by atoms with Crippen molar-refractivity contribution in [3.05, 3.63) is 95.1 Å². The molecule has 1 aliphatic carbocycles. The highest BCUT2D eigenvalue weighted by Gasteiger charge is 2.37. The molecule has 2 atom stereocenters. The van der Waals surface area contributed by atoms with E-state index in [1.807, 2.05) is 48.5 Å². The van der Waals surface area contributed by atoms with E-state index in [-0.39, 0.29) is 24.5 Å². The third kappa shape index (κ3) is 4.68. The van der Waals surface area contributed by atoms with E-state index in [0.717, 1.165) is 34.4 Å². The molecule has 0 amide bonds. The van der Waals surface area contributed by atoms with E-state index >= 15 is 0 Å². The molecule has 8 heteroatoms. The summed E-state index contributed by atoms with van der Waals surface area (Å²) >= 11 is 0. The third-order valence-corrected chi connectivity index (χ3v) is 6.03. The highest BCUT2D eigenvalue weighted by Crippen LogP contribution is 2.44. The highest BCUT2D eigenvalue weighted by atomic mass is 19.4. The van der Waals surface area contributed by atoms with Crippen molar-refractivity contribution in [3.8, 4) is 11.1 Å². The minimum atomic E-state index is -4.54. The number of fused-ring (bicyclic) bond motifs is 3. The lowest BCUT2D eigenvalue weighted by Crippen LogP contribution is -2.43. The Hall–Kier alpha value is -3.65. The zero-order valence-electron chi connectivity index (χ0n) is 18.0. The van der Waals surface area contributed by atoms with Crippen LogP contribution in [0.25, 0.3) is 11.1 Å². The van der Waals surface area contributed by atoms with Gasteiger partial charge >= 0.3 is 18.1 Å². The Labute approximate surface area is 194 Å². The van der Waals surface area contributed by atoms with E-state index in [9.17, 15) is 27.9 Å². The summed E-state index contributed by atoms with van der Waals surface area (Å²) in [5, 5.41) is 9.62. The molecule has 3 N–H and O–H groups in total. The van der Waals surface area contributed by atoms with Gasteiger partial charge in [-0.1, -0.05) is 66.7 Å². The minimum Gasteiger partial charge on any atom is -0.481 e. The lowest BCUT2D eigenvalue weighted by Gasteiger charge is -2.21. The number of alkyl halides is 3. The Bertz CT molecular complexity index is 1180.